The lowest BCUT2D eigenvalue weighted by atomic mass is 9.88. The molecule has 0 spiro atoms. The van der Waals surface area contributed by atoms with Crippen LogP contribution in [0.5, 0.6) is 5.75 Å². The predicted molar refractivity (Wildman–Crippen MR) is 126 cm³/mol. The number of halogens is 1. The number of aromatic nitrogens is 1. The van der Waals surface area contributed by atoms with Gasteiger partial charge in [-0.2, -0.15) is 0 Å². The number of thiophene rings is 1. The normalized spacial score (nSPS) is 12.7. The maximum Gasteiger partial charge on any atom is 0.377 e. The van der Waals surface area contributed by atoms with Crippen molar-refractivity contribution >= 4 is 45.7 Å². The monoisotopic (exact) mass is 457 g/mol. The van der Waals surface area contributed by atoms with Crippen LogP contribution < -0.4 is 4.74 Å². The van der Waals surface area contributed by atoms with Crippen molar-refractivity contribution in [3.8, 4) is 16.9 Å². The minimum atomic E-state index is -1.48. The third kappa shape index (κ3) is 4.10. The van der Waals surface area contributed by atoms with Crippen LogP contribution in [0.25, 0.3) is 21.3 Å². The van der Waals surface area contributed by atoms with Crippen molar-refractivity contribution in [2.75, 3.05) is 6.61 Å². The van der Waals surface area contributed by atoms with E-state index in [-0.39, 0.29) is 18.0 Å². The van der Waals surface area contributed by atoms with Crippen molar-refractivity contribution < 1.29 is 19.4 Å². The van der Waals surface area contributed by atoms with Crippen molar-refractivity contribution in [2.24, 2.45) is 0 Å². The lowest BCUT2D eigenvalue weighted by molar-refractivity contribution is -0.131. The van der Waals surface area contributed by atoms with Crippen LogP contribution in [0.3, 0.4) is 0 Å². The molecule has 0 saturated heterocycles. The van der Waals surface area contributed by atoms with Crippen molar-refractivity contribution in [3.63, 3.8) is 0 Å². The average molecular weight is 458 g/mol. The van der Waals surface area contributed by atoms with E-state index in [9.17, 15) is 14.7 Å². The highest BCUT2D eigenvalue weighted by Gasteiger charge is 2.30. The second kappa shape index (κ2) is 9.20. The number of carboxylic acid groups (broad SMARTS) is 1. The molecule has 0 amide bonds. The third-order valence-electron chi connectivity index (χ3n) is 5.47. The molecule has 0 fully saturated rings. The molecule has 0 aliphatic heterocycles. The summed E-state index contributed by atoms with van der Waals surface area (Å²) in [6.45, 7) is 7.70. The topological polar surface area (TPSA) is 76.5 Å². The summed E-state index contributed by atoms with van der Waals surface area (Å²) in [7, 11) is 0. The van der Waals surface area contributed by atoms with Gasteiger partial charge in [-0.3, -0.25) is 4.79 Å². The number of aliphatic carboxylic acids is 1. The van der Waals surface area contributed by atoms with Crippen LogP contribution in [-0.4, -0.2) is 28.4 Å². The molecule has 0 atom stereocenters. The molecule has 2 heterocycles. The Morgan fingerprint density at radius 1 is 1.26 bits per heavy atom. The maximum absolute atomic E-state index is 12.8. The molecule has 0 bridgehead atoms. The number of ether oxygens (including phenoxy) is 1. The maximum atomic E-state index is 12.8. The minimum Gasteiger partial charge on any atom is -0.489 e. The summed E-state index contributed by atoms with van der Waals surface area (Å²) in [5.74, 6) is -1.81. The van der Waals surface area contributed by atoms with Gasteiger partial charge in [-0.15, -0.1) is 23.7 Å². The fourth-order valence-electron chi connectivity index (χ4n) is 4.16. The van der Waals surface area contributed by atoms with E-state index in [1.54, 1.807) is 24.3 Å². The highest BCUT2D eigenvalue weighted by molar-refractivity contribution is 7.19. The van der Waals surface area contributed by atoms with Crippen LogP contribution in [0, 0.1) is 13.8 Å². The van der Waals surface area contributed by atoms with Crippen LogP contribution in [0.1, 0.15) is 44.9 Å². The van der Waals surface area contributed by atoms with Crippen LogP contribution in [0.4, 0.5) is 0 Å². The number of rotatable bonds is 6. The number of carboxylic acids is 1. The van der Waals surface area contributed by atoms with Crippen LogP contribution in [0.2, 0.25) is 0 Å². The number of carbonyl (C=O) groups excluding carboxylic acids is 1. The Morgan fingerprint density at radius 2 is 2.00 bits per heavy atom. The molecule has 7 heteroatoms. The summed E-state index contributed by atoms with van der Waals surface area (Å²) in [4.78, 5) is 31.3. The zero-order valence-electron chi connectivity index (χ0n) is 17.5. The molecule has 5 nitrogen and oxygen atoms in total. The lowest BCUT2D eigenvalue weighted by Gasteiger charge is -2.18. The van der Waals surface area contributed by atoms with Gasteiger partial charge in [0, 0.05) is 21.4 Å². The molecule has 162 valence electrons. The Hall–Kier alpha value is -2.70. The van der Waals surface area contributed by atoms with E-state index in [1.807, 2.05) is 25.1 Å². The Kier molecular flexibility index (Phi) is 6.82. The molecular weight excluding hydrogens is 434 g/mol. The van der Waals surface area contributed by atoms with Crippen molar-refractivity contribution in [2.45, 2.75) is 39.5 Å². The SMILES string of the molecule is C=CCOc1cc(C)ccc1-c1c(C(=O)C(=O)O)c(C)nc2sc3c(c12)CCCC3.Cl. The minimum absolute atomic E-state index is 0. The quantitative estimate of drug-likeness (QED) is 0.291. The highest BCUT2D eigenvalue weighted by Crippen LogP contribution is 2.45. The molecule has 0 unspecified atom stereocenters. The van der Waals surface area contributed by atoms with Gasteiger partial charge in [0.05, 0.1) is 11.3 Å². The number of hydrogen-bond acceptors (Lipinski definition) is 5. The predicted octanol–water partition coefficient (Wildman–Crippen LogP) is 5.71. The standard InChI is InChI=1S/C24H23NO4S.ClH/c1-4-11-29-17-12-13(2)9-10-15(17)20-19(22(26)24(27)28)14(3)25-23-21(20)16-7-5-6-8-18(16)30-23;/h4,9-10,12H,1,5-8,11H2,2-3H3,(H,27,28);1H. The van der Waals surface area contributed by atoms with Gasteiger partial charge in [0.1, 0.15) is 17.2 Å². The van der Waals surface area contributed by atoms with E-state index in [1.165, 1.54) is 10.4 Å². The summed E-state index contributed by atoms with van der Waals surface area (Å²) < 4.78 is 5.93. The first kappa shape index (κ1) is 23.0. The van der Waals surface area contributed by atoms with Gasteiger partial charge >= 0.3 is 5.97 Å². The molecule has 3 aromatic rings. The second-order valence-electron chi connectivity index (χ2n) is 7.57. The van der Waals surface area contributed by atoms with Crippen LogP contribution in [0.15, 0.2) is 30.9 Å². The Labute approximate surface area is 191 Å². The summed E-state index contributed by atoms with van der Waals surface area (Å²) in [6, 6.07) is 5.77. The van der Waals surface area contributed by atoms with Crippen molar-refractivity contribution in [1.82, 2.24) is 4.98 Å². The number of benzene rings is 1. The molecule has 1 aliphatic carbocycles. The number of aryl methyl sites for hydroxylation is 4. The van der Waals surface area contributed by atoms with Gasteiger partial charge in [0.25, 0.3) is 5.78 Å². The van der Waals surface area contributed by atoms with Gasteiger partial charge in [-0.05, 0) is 56.7 Å². The van der Waals surface area contributed by atoms with E-state index in [4.69, 9.17) is 4.74 Å². The third-order valence-corrected chi connectivity index (χ3v) is 6.65. The Balaban J connectivity index is 0.00000272. The fourth-order valence-corrected chi connectivity index (χ4v) is 5.48. The molecule has 4 rings (SSSR count). The molecule has 0 saturated carbocycles. The number of pyridine rings is 1. The van der Waals surface area contributed by atoms with Crippen molar-refractivity contribution in [1.29, 1.82) is 0 Å². The Bertz CT molecular complexity index is 1200. The number of fused-ring (bicyclic) bond motifs is 3. The van der Waals surface area contributed by atoms with Crippen molar-refractivity contribution in [3.05, 3.63) is 58.1 Å². The number of ketones is 1. The van der Waals surface area contributed by atoms with E-state index >= 15 is 0 Å². The largest absolute Gasteiger partial charge is 0.489 e. The number of carbonyl (C=O) groups is 2. The summed E-state index contributed by atoms with van der Waals surface area (Å²) in [5.41, 5.74) is 4.13. The molecule has 1 N–H and O–H groups in total. The molecule has 31 heavy (non-hydrogen) atoms. The van der Waals surface area contributed by atoms with Crippen LogP contribution >= 0.6 is 23.7 Å². The second-order valence-corrected chi connectivity index (χ2v) is 8.66. The summed E-state index contributed by atoms with van der Waals surface area (Å²) in [6.07, 6.45) is 5.76. The highest BCUT2D eigenvalue weighted by atomic mass is 35.5. The summed E-state index contributed by atoms with van der Waals surface area (Å²) in [5, 5.41) is 10.4. The van der Waals surface area contributed by atoms with Gasteiger partial charge < -0.3 is 9.84 Å². The number of Topliss-reactive ketones (excluding diaryl/α,β-unsaturated/α-hetero) is 1. The molecular formula is C24H24ClNO4S. The first-order valence-electron chi connectivity index (χ1n) is 9.99. The smallest absolute Gasteiger partial charge is 0.377 e. The van der Waals surface area contributed by atoms with Crippen LogP contribution in [-0.2, 0) is 17.6 Å². The van der Waals surface area contributed by atoms with E-state index in [0.29, 0.717) is 29.2 Å². The molecule has 1 aliphatic rings. The van der Waals surface area contributed by atoms with E-state index in [0.717, 1.165) is 41.5 Å². The van der Waals surface area contributed by atoms with E-state index < -0.39 is 11.8 Å². The number of nitrogens with zero attached hydrogens (tertiary/aromatic N) is 1. The van der Waals surface area contributed by atoms with Gasteiger partial charge in [0.2, 0.25) is 0 Å². The zero-order chi connectivity index (χ0) is 21.4. The summed E-state index contributed by atoms with van der Waals surface area (Å²) >= 11 is 1.65. The van der Waals surface area contributed by atoms with Gasteiger partial charge in [-0.1, -0.05) is 24.8 Å². The number of hydrogen-bond donors (Lipinski definition) is 1. The van der Waals surface area contributed by atoms with Gasteiger partial charge in [0.15, 0.2) is 0 Å². The zero-order valence-corrected chi connectivity index (χ0v) is 19.1. The Morgan fingerprint density at radius 3 is 2.71 bits per heavy atom. The molecule has 2 aromatic heterocycles. The first-order chi connectivity index (χ1) is 14.4. The van der Waals surface area contributed by atoms with E-state index in [2.05, 4.69) is 11.6 Å². The lowest BCUT2D eigenvalue weighted by Crippen LogP contribution is -2.17. The average Bonchev–Trinajstić information content (AvgIpc) is 3.08. The van der Waals surface area contributed by atoms with Gasteiger partial charge in [-0.25, -0.2) is 9.78 Å². The molecule has 0 radical (unpaired) electrons. The first-order valence-corrected chi connectivity index (χ1v) is 10.8. The molecule has 1 aromatic carbocycles. The fraction of sp³-hybridized carbons (Fsp3) is 0.292.